The molecule has 1 aliphatic rings. The molecule has 1 amide bonds. The van der Waals surface area contributed by atoms with Gasteiger partial charge < -0.3 is 14.2 Å². The van der Waals surface area contributed by atoms with Crippen molar-refractivity contribution in [3.8, 4) is 0 Å². The molecule has 126 valence electrons. The lowest BCUT2D eigenvalue weighted by Gasteiger charge is -2.32. The van der Waals surface area contributed by atoms with E-state index in [0.717, 1.165) is 16.3 Å². The van der Waals surface area contributed by atoms with Gasteiger partial charge in [-0.15, -0.1) is 0 Å². The van der Waals surface area contributed by atoms with Gasteiger partial charge in [-0.1, -0.05) is 47.6 Å². The number of benzene rings is 2. The van der Waals surface area contributed by atoms with Crippen LogP contribution in [0.3, 0.4) is 0 Å². The van der Waals surface area contributed by atoms with Gasteiger partial charge in [-0.05, 0) is 22.4 Å². The molecule has 6 heteroatoms. The minimum absolute atomic E-state index is 0.0916. The van der Waals surface area contributed by atoms with Crippen LogP contribution in [0, 0.1) is 0 Å². The van der Waals surface area contributed by atoms with Gasteiger partial charge in [-0.3, -0.25) is 4.79 Å². The minimum atomic E-state index is -0.322. The number of rotatable bonds is 3. The van der Waals surface area contributed by atoms with Crippen molar-refractivity contribution in [1.82, 2.24) is 15.0 Å². The molecular formula is C19H17N3O3. The normalized spacial score (nSPS) is 18.1. The Balaban J connectivity index is 1.58. The summed E-state index contributed by atoms with van der Waals surface area (Å²) in [5.74, 6) is 0.373. The third-order valence-corrected chi connectivity index (χ3v) is 4.32. The van der Waals surface area contributed by atoms with Gasteiger partial charge in [-0.25, -0.2) is 0 Å². The summed E-state index contributed by atoms with van der Waals surface area (Å²) in [6, 6.07) is 13.8. The number of nitrogens with zero attached hydrogens (tertiary/aromatic N) is 3. The van der Waals surface area contributed by atoms with E-state index in [-0.39, 0.29) is 11.9 Å². The molecule has 1 saturated heterocycles. The van der Waals surface area contributed by atoms with Crippen LogP contribution in [-0.4, -0.2) is 40.7 Å². The standard InChI is InChI=1S/C19H17N3O3/c23-18(22-10-11-24-12-17(22)19-20-13-25-21-19)9-8-15-6-3-5-14-4-1-2-7-16(14)15/h1-9,13,17H,10-12H2. The van der Waals surface area contributed by atoms with Crippen LogP contribution in [0.4, 0.5) is 0 Å². The second-order valence-electron chi connectivity index (χ2n) is 5.81. The topological polar surface area (TPSA) is 68.5 Å². The number of ether oxygens (including phenoxy) is 1. The molecule has 1 unspecified atom stereocenters. The number of hydrogen-bond acceptors (Lipinski definition) is 5. The molecule has 1 aromatic heterocycles. The third kappa shape index (κ3) is 3.16. The molecule has 0 N–H and O–H groups in total. The maximum Gasteiger partial charge on any atom is 0.247 e. The van der Waals surface area contributed by atoms with Gasteiger partial charge in [0.2, 0.25) is 12.3 Å². The van der Waals surface area contributed by atoms with E-state index >= 15 is 0 Å². The Hall–Kier alpha value is -2.99. The largest absolute Gasteiger partial charge is 0.377 e. The molecule has 1 atom stereocenters. The van der Waals surface area contributed by atoms with Crippen molar-refractivity contribution < 1.29 is 14.1 Å². The van der Waals surface area contributed by atoms with E-state index in [1.54, 1.807) is 11.0 Å². The Labute approximate surface area is 144 Å². The second kappa shape index (κ2) is 6.86. The van der Waals surface area contributed by atoms with Crippen molar-refractivity contribution in [2.45, 2.75) is 6.04 Å². The molecule has 1 aliphatic heterocycles. The van der Waals surface area contributed by atoms with Gasteiger partial charge in [0.15, 0.2) is 5.82 Å². The molecule has 1 fully saturated rings. The highest BCUT2D eigenvalue weighted by Gasteiger charge is 2.30. The summed E-state index contributed by atoms with van der Waals surface area (Å²) in [5.41, 5.74) is 1.01. The monoisotopic (exact) mass is 335 g/mol. The van der Waals surface area contributed by atoms with E-state index in [1.807, 2.05) is 30.3 Å². The van der Waals surface area contributed by atoms with Crippen molar-refractivity contribution in [3.63, 3.8) is 0 Å². The molecule has 2 aromatic carbocycles. The van der Waals surface area contributed by atoms with Crippen molar-refractivity contribution in [2.75, 3.05) is 19.8 Å². The molecule has 2 heterocycles. The van der Waals surface area contributed by atoms with E-state index < -0.39 is 0 Å². The Kier molecular flexibility index (Phi) is 4.26. The van der Waals surface area contributed by atoms with Crippen LogP contribution >= 0.6 is 0 Å². The van der Waals surface area contributed by atoms with Gasteiger partial charge in [-0.2, -0.15) is 4.98 Å². The highest BCUT2D eigenvalue weighted by molar-refractivity contribution is 5.96. The van der Waals surface area contributed by atoms with Crippen LogP contribution in [0.2, 0.25) is 0 Å². The molecule has 6 nitrogen and oxygen atoms in total. The van der Waals surface area contributed by atoms with Crippen LogP contribution < -0.4 is 0 Å². The lowest BCUT2D eigenvalue weighted by atomic mass is 10.0. The quantitative estimate of drug-likeness (QED) is 0.689. The average Bonchev–Trinajstić information content (AvgIpc) is 3.21. The van der Waals surface area contributed by atoms with Crippen molar-refractivity contribution in [2.24, 2.45) is 0 Å². The second-order valence-corrected chi connectivity index (χ2v) is 5.81. The Morgan fingerprint density at radius 1 is 1.20 bits per heavy atom. The Morgan fingerprint density at radius 3 is 2.96 bits per heavy atom. The lowest BCUT2D eigenvalue weighted by Crippen LogP contribution is -2.43. The predicted octanol–water partition coefficient (Wildman–Crippen LogP) is 2.84. The van der Waals surface area contributed by atoms with Crippen LogP contribution in [0.15, 0.2) is 59.5 Å². The minimum Gasteiger partial charge on any atom is -0.377 e. The molecule has 4 rings (SSSR count). The first-order chi connectivity index (χ1) is 12.3. The first-order valence-electron chi connectivity index (χ1n) is 8.13. The first kappa shape index (κ1) is 15.5. The zero-order valence-corrected chi connectivity index (χ0v) is 13.5. The third-order valence-electron chi connectivity index (χ3n) is 4.32. The summed E-state index contributed by atoms with van der Waals surface area (Å²) in [4.78, 5) is 18.5. The average molecular weight is 335 g/mol. The van der Waals surface area contributed by atoms with Crippen LogP contribution in [0.1, 0.15) is 17.4 Å². The van der Waals surface area contributed by atoms with E-state index in [1.165, 1.54) is 6.39 Å². The van der Waals surface area contributed by atoms with E-state index in [9.17, 15) is 4.79 Å². The highest BCUT2D eigenvalue weighted by Crippen LogP contribution is 2.23. The number of fused-ring (bicyclic) bond motifs is 1. The SMILES string of the molecule is O=C(C=Cc1cccc2ccccc12)N1CCOCC1c1ncon1. The Morgan fingerprint density at radius 2 is 2.08 bits per heavy atom. The molecule has 0 spiro atoms. The number of carbonyl (C=O) groups excluding carboxylic acids is 1. The maximum absolute atomic E-state index is 12.7. The number of morpholine rings is 1. The summed E-state index contributed by atoms with van der Waals surface area (Å²) in [5, 5.41) is 6.11. The van der Waals surface area contributed by atoms with Gasteiger partial charge in [0.1, 0.15) is 6.04 Å². The zero-order chi connectivity index (χ0) is 17.1. The molecule has 0 saturated carbocycles. The predicted molar refractivity (Wildman–Crippen MR) is 92.6 cm³/mol. The number of hydrogen-bond donors (Lipinski definition) is 0. The van der Waals surface area contributed by atoms with Crippen molar-refractivity contribution in [3.05, 3.63) is 66.3 Å². The van der Waals surface area contributed by atoms with Gasteiger partial charge in [0.25, 0.3) is 0 Å². The van der Waals surface area contributed by atoms with Gasteiger partial charge >= 0.3 is 0 Å². The van der Waals surface area contributed by atoms with Crippen LogP contribution in [0.5, 0.6) is 0 Å². The fraction of sp³-hybridized carbons (Fsp3) is 0.211. The summed E-state index contributed by atoms with van der Waals surface area (Å²) in [7, 11) is 0. The van der Waals surface area contributed by atoms with Crippen molar-refractivity contribution in [1.29, 1.82) is 0 Å². The lowest BCUT2D eigenvalue weighted by molar-refractivity contribution is -0.135. The molecule has 0 bridgehead atoms. The fourth-order valence-corrected chi connectivity index (χ4v) is 3.06. The van der Waals surface area contributed by atoms with E-state index in [2.05, 4.69) is 28.3 Å². The van der Waals surface area contributed by atoms with Crippen LogP contribution in [-0.2, 0) is 9.53 Å². The van der Waals surface area contributed by atoms with E-state index in [0.29, 0.717) is 25.6 Å². The number of aromatic nitrogens is 2. The summed E-state index contributed by atoms with van der Waals surface area (Å²) in [6.07, 6.45) is 4.71. The molecule has 0 aliphatic carbocycles. The summed E-state index contributed by atoms with van der Waals surface area (Å²) in [6.45, 7) is 1.37. The highest BCUT2D eigenvalue weighted by atomic mass is 16.5. The fourth-order valence-electron chi connectivity index (χ4n) is 3.06. The smallest absolute Gasteiger partial charge is 0.247 e. The maximum atomic E-state index is 12.7. The zero-order valence-electron chi connectivity index (χ0n) is 13.5. The van der Waals surface area contributed by atoms with Gasteiger partial charge in [0, 0.05) is 12.6 Å². The summed E-state index contributed by atoms with van der Waals surface area (Å²) < 4.78 is 10.3. The van der Waals surface area contributed by atoms with Crippen molar-refractivity contribution >= 4 is 22.8 Å². The molecule has 3 aromatic rings. The van der Waals surface area contributed by atoms with Crippen LogP contribution in [0.25, 0.3) is 16.8 Å². The number of carbonyl (C=O) groups is 1. The molecular weight excluding hydrogens is 318 g/mol. The molecule has 0 radical (unpaired) electrons. The van der Waals surface area contributed by atoms with E-state index in [4.69, 9.17) is 9.26 Å². The molecule has 25 heavy (non-hydrogen) atoms. The number of amides is 1. The first-order valence-corrected chi connectivity index (χ1v) is 8.13. The summed E-state index contributed by atoms with van der Waals surface area (Å²) >= 11 is 0. The van der Waals surface area contributed by atoms with Gasteiger partial charge in [0.05, 0.1) is 13.2 Å². The Bertz CT molecular complexity index is 900.